The third-order valence-corrected chi connectivity index (χ3v) is 6.67. The van der Waals surface area contributed by atoms with Crippen molar-refractivity contribution in [2.24, 2.45) is 5.92 Å². The Hall–Kier alpha value is -2.25. The highest BCUT2D eigenvalue weighted by atomic mass is 16.5. The van der Waals surface area contributed by atoms with Crippen LogP contribution >= 0.6 is 0 Å². The summed E-state index contributed by atoms with van der Waals surface area (Å²) in [5.74, 6) is 0.0565. The molecule has 0 atom stereocenters. The number of hydrogen-bond donors (Lipinski definition) is 1. The van der Waals surface area contributed by atoms with Gasteiger partial charge in [0.1, 0.15) is 0 Å². The van der Waals surface area contributed by atoms with Gasteiger partial charge in [-0.05, 0) is 24.8 Å². The molecule has 2 aliphatic rings. The van der Waals surface area contributed by atoms with Crippen LogP contribution in [-0.2, 0) is 11.3 Å². The van der Waals surface area contributed by atoms with Crippen LogP contribution in [0.25, 0.3) is 10.8 Å². The normalized spacial score (nSPS) is 19.6. The lowest BCUT2D eigenvalue weighted by molar-refractivity contribution is -0.0361. The molecule has 4 rings (SSSR count). The molecule has 1 N–H and O–H groups in total. The van der Waals surface area contributed by atoms with Gasteiger partial charge < -0.3 is 10.1 Å². The van der Waals surface area contributed by atoms with E-state index in [9.17, 15) is 9.59 Å². The van der Waals surface area contributed by atoms with Gasteiger partial charge in [0.2, 0.25) is 0 Å². The van der Waals surface area contributed by atoms with Gasteiger partial charge in [-0.15, -0.1) is 0 Å². The van der Waals surface area contributed by atoms with Gasteiger partial charge in [0.25, 0.3) is 11.5 Å². The van der Waals surface area contributed by atoms with Crippen molar-refractivity contribution in [2.75, 3.05) is 32.8 Å². The first kappa shape index (κ1) is 22.0. The maximum Gasteiger partial charge on any atom is 0.274 e. The summed E-state index contributed by atoms with van der Waals surface area (Å²) in [5, 5.41) is 8.86. The predicted molar refractivity (Wildman–Crippen MR) is 121 cm³/mol. The second kappa shape index (κ2) is 9.49. The SMILES string of the molecule is CC(C)Cn1nc(C(=O)NCC2(N3CCOCC3)CCCCC2)c2ccccc2c1=O. The Labute approximate surface area is 183 Å². The molecular weight excluding hydrogens is 392 g/mol. The molecule has 0 spiro atoms. The highest BCUT2D eigenvalue weighted by molar-refractivity contribution is 6.04. The molecule has 7 nitrogen and oxygen atoms in total. The first-order valence-electron chi connectivity index (χ1n) is 11.6. The number of rotatable bonds is 6. The number of nitrogens with one attached hydrogen (secondary N) is 1. The molecule has 2 fully saturated rings. The van der Waals surface area contributed by atoms with E-state index in [4.69, 9.17) is 4.74 Å². The third kappa shape index (κ3) is 4.67. The van der Waals surface area contributed by atoms with Crippen LogP contribution < -0.4 is 10.9 Å². The number of carbonyl (C=O) groups excluding carboxylic acids is 1. The van der Waals surface area contributed by atoms with E-state index in [0.29, 0.717) is 29.6 Å². The second-order valence-electron chi connectivity index (χ2n) is 9.34. The number of nitrogens with zero attached hydrogens (tertiary/aromatic N) is 3. The largest absolute Gasteiger partial charge is 0.379 e. The van der Waals surface area contributed by atoms with E-state index in [1.54, 1.807) is 6.07 Å². The number of morpholine rings is 1. The minimum absolute atomic E-state index is 0.0140. The summed E-state index contributed by atoms with van der Waals surface area (Å²) in [7, 11) is 0. The molecule has 1 aromatic carbocycles. The molecule has 1 amide bonds. The van der Waals surface area contributed by atoms with E-state index < -0.39 is 0 Å². The summed E-state index contributed by atoms with van der Waals surface area (Å²) in [5.41, 5.74) is 0.182. The highest BCUT2D eigenvalue weighted by Gasteiger charge is 2.39. The summed E-state index contributed by atoms with van der Waals surface area (Å²) >= 11 is 0. The van der Waals surface area contributed by atoms with Crippen LogP contribution in [0.5, 0.6) is 0 Å². The van der Waals surface area contributed by atoms with Crippen molar-refractivity contribution in [1.29, 1.82) is 0 Å². The number of hydrogen-bond acceptors (Lipinski definition) is 5. The summed E-state index contributed by atoms with van der Waals surface area (Å²) in [4.78, 5) is 28.7. The summed E-state index contributed by atoms with van der Waals surface area (Å²) in [6.45, 7) is 8.50. The van der Waals surface area contributed by atoms with Crippen LogP contribution in [0.3, 0.4) is 0 Å². The number of ether oxygens (including phenoxy) is 1. The Bertz CT molecular complexity index is 972. The molecule has 0 unspecified atom stereocenters. The molecular formula is C24H34N4O3. The van der Waals surface area contributed by atoms with Crippen molar-refractivity contribution in [3.05, 3.63) is 40.3 Å². The minimum atomic E-state index is -0.202. The molecule has 1 saturated heterocycles. The van der Waals surface area contributed by atoms with Gasteiger partial charge in [-0.25, -0.2) is 4.68 Å². The number of fused-ring (bicyclic) bond motifs is 1. The Morgan fingerprint density at radius 1 is 1.13 bits per heavy atom. The quantitative estimate of drug-likeness (QED) is 0.769. The van der Waals surface area contributed by atoms with E-state index in [0.717, 1.165) is 39.1 Å². The Kier molecular flexibility index (Phi) is 6.72. The maximum absolute atomic E-state index is 13.3. The van der Waals surface area contributed by atoms with Crippen molar-refractivity contribution in [2.45, 2.75) is 58.0 Å². The lowest BCUT2D eigenvalue weighted by Gasteiger charge is -2.48. The van der Waals surface area contributed by atoms with Gasteiger partial charge in [-0.3, -0.25) is 14.5 Å². The fourth-order valence-corrected chi connectivity index (χ4v) is 5.05. The predicted octanol–water partition coefficient (Wildman–Crippen LogP) is 2.82. The lowest BCUT2D eigenvalue weighted by atomic mass is 9.79. The van der Waals surface area contributed by atoms with Crippen LogP contribution in [0.1, 0.15) is 56.4 Å². The monoisotopic (exact) mass is 426 g/mol. The third-order valence-electron chi connectivity index (χ3n) is 6.67. The number of benzene rings is 1. The molecule has 0 bridgehead atoms. The van der Waals surface area contributed by atoms with Crippen molar-refractivity contribution in [3.8, 4) is 0 Å². The van der Waals surface area contributed by atoms with E-state index >= 15 is 0 Å². The van der Waals surface area contributed by atoms with E-state index in [1.807, 2.05) is 32.0 Å². The van der Waals surface area contributed by atoms with Crippen LogP contribution in [-0.4, -0.2) is 59.0 Å². The van der Waals surface area contributed by atoms with Crippen molar-refractivity contribution >= 4 is 16.7 Å². The number of amides is 1. The van der Waals surface area contributed by atoms with Crippen LogP contribution in [0.2, 0.25) is 0 Å². The fourth-order valence-electron chi connectivity index (χ4n) is 5.05. The topological polar surface area (TPSA) is 76.5 Å². The molecule has 0 radical (unpaired) electrons. The maximum atomic E-state index is 13.3. The second-order valence-corrected chi connectivity index (χ2v) is 9.34. The summed E-state index contributed by atoms with van der Waals surface area (Å²) in [6.07, 6.45) is 5.82. The van der Waals surface area contributed by atoms with E-state index in [1.165, 1.54) is 23.9 Å². The summed E-state index contributed by atoms with van der Waals surface area (Å²) in [6, 6.07) is 7.28. The molecule has 2 aromatic rings. The molecule has 168 valence electrons. The first-order valence-corrected chi connectivity index (χ1v) is 11.6. The van der Waals surface area contributed by atoms with Gasteiger partial charge in [0.15, 0.2) is 5.69 Å². The van der Waals surface area contributed by atoms with Gasteiger partial charge in [0.05, 0.1) is 18.6 Å². The van der Waals surface area contributed by atoms with Crippen molar-refractivity contribution in [3.63, 3.8) is 0 Å². The molecule has 2 heterocycles. The highest BCUT2D eigenvalue weighted by Crippen LogP contribution is 2.34. The molecule has 1 saturated carbocycles. The van der Waals surface area contributed by atoms with Crippen LogP contribution in [0.4, 0.5) is 0 Å². The van der Waals surface area contributed by atoms with Gasteiger partial charge in [-0.2, -0.15) is 5.10 Å². The zero-order chi connectivity index (χ0) is 21.8. The number of aromatic nitrogens is 2. The van der Waals surface area contributed by atoms with E-state index in [-0.39, 0.29) is 22.9 Å². The Balaban J connectivity index is 1.61. The van der Waals surface area contributed by atoms with E-state index in [2.05, 4.69) is 15.3 Å². The van der Waals surface area contributed by atoms with Crippen molar-refractivity contribution in [1.82, 2.24) is 20.0 Å². The van der Waals surface area contributed by atoms with Crippen molar-refractivity contribution < 1.29 is 9.53 Å². The molecule has 1 aliphatic heterocycles. The van der Waals surface area contributed by atoms with Gasteiger partial charge >= 0.3 is 0 Å². The standard InChI is InChI=1S/C24H34N4O3/c1-18(2)16-28-23(30)20-9-5-4-8-19(20)21(26-28)22(29)25-17-24(10-6-3-7-11-24)27-12-14-31-15-13-27/h4-5,8-9,18H,3,6-7,10-17H2,1-2H3,(H,25,29). The van der Waals surface area contributed by atoms with Gasteiger partial charge in [-0.1, -0.05) is 51.3 Å². The Morgan fingerprint density at radius 2 is 1.81 bits per heavy atom. The fraction of sp³-hybridized carbons (Fsp3) is 0.625. The Morgan fingerprint density at radius 3 is 2.48 bits per heavy atom. The molecule has 31 heavy (non-hydrogen) atoms. The summed E-state index contributed by atoms with van der Waals surface area (Å²) < 4.78 is 7.01. The molecule has 1 aromatic heterocycles. The lowest BCUT2D eigenvalue weighted by Crippen LogP contribution is -2.59. The number of carbonyl (C=O) groups is 1. The zero-order valence-electron chi connectivity index (χ0n) is 18.7. The first-order chi connectivity index (χ1) is 15.0. The van der Waals surface area contributed by atoms with Crippen LogP contribution in [0.15, 0.2) is 29.1 Å². The average molecular weight is 427 g/mol. The van der Waals surface area contributed by atoms with Gasteiger partial charge in [0, 0.05) is 37.1 Å². The minimum Gasteiger partial charge on any atom is -0.379 e. The van der Waals surface area contributed by atoms with Crippen LogP contribution in [0, 0.1) is 5.92 Å². The molecule has 7 heteroatoms. The zero-order valence-corrected chi connectivity index (χ0v) is 18.7. The smallest absolute Gasteiger partial charge is 0.274 e. The average Bonchev–Trinajstić information content (AvgIpc) is 2.80. The molecule has 1 aliphatic carbocycles.